The molecule has 11 nitrogen and oxygen atoms in total. The molecule has 0 bridgehead atoms. The summed E-state index contributed by atoms with van der Waals surface area (Å²) in [6.07, 6.45) is 71.0. The van der Waals surface area contributed by atoms with Gasteiger partial charge in [0, 0.05) is 19.3 Å². The van der Waals surface area contributed by atoms with Crippen LogP contribution in [0.4, 0.5) is 0 Å². The average Bonchev–Trinajstić information content (AvgIpc) is 3.43. The van der Waals surface area contributed by atoms with E-state index in [2.05, 4.69) is 106 Å². The normalized spacial score (nSPS) is 14.0. The summed E-state index contributed by atoms with van der Waals surface area (Å²) in [5.41, 5.74) is 0. The van der Waals surface area contributed by atoms with E-state index in [0.29, 0.717) is 19.3 Å². The molecule has 0 aromatic rings. The van der Waals surface area contributed by atoms with E-state index in [1.165, 1.54) is 96.3 Å². The molecule has 3 atom stereocenters. The molecule has 0 aromatic carbocycles. The van der Waals surface area contributed by atoms with Gasteiger partial charge < -0.3 is 24.2 Å². The number of rotatable bonds is 57. The minimum atomic E-state index is -4.78. The topological polar surface area (TPSA) is 155 Å². The zero-order valence-corrected chi connectivity index (χ0v) is 50.5. The van der Waals surface area contributed by atoms with E-state index >= 15 is 0 Å². The van der Waals surface area contributed by atoms with E-state index in [9.17, 15) is 28.9 Å². The van der Waals surface area contributed by atoms with Crippen molar-refractivity contribution < 1.29 is 52.2 Å². The van der Waals surface area contributed by atoms with Gasteiger partial charge in [-0.1, -0.05) is 259 Å². The number of carbonyl (C=O) groups excluding carboxylic acids is 3. The smallest absolute Gasteiger partial charge is 0.462 e. The Balaban J connectivity index is 4.77. The first kappa shape index (κ1) is 74.4. The third-order valence-corrected chi connectivity index (χ3v) is 14.0. The molecule has 0 aliphatic heterocycles. The number of phosphoric ester groups is 1. The van der Waals surface area contributed by atoms with Crippen LogP contribution < -0.4 is 0 Å². The number of esters is 3. The maximum Gasteiger partial charge on any atom is 0.472 e. The van der Waals surface area contributed by atoms with Crippen molar-refractivity contribution in [2.75, 3.05) is 26.4 Å². The second-order valence-electron chi connectivity index (χ2n) is 20.5. The Labute approximate surface area is 476 Å². The Hall–Kier alpha value is -3.60. The Morgan fingerprint density at radius 2 is 0.692 bits per heavy atom. The van der Waals surface area contributed by atoms with Crippen LogP contribution in [0, 0.1) is 0 Å². The number of unbranched alkanes of at least 4 members (excludes halogenated alkanes) is 24. The largest absolute Gasteiger partial charge is 0.472 e. The number of hydrogen-bond donors (Lipinski definition) is 2. The number of aliphatic hydroxyl groups is 1. The lowest BCUT2D eigenvalue weighted by Crippen LogP contribution is -2.30. The molecule has 78 heavy (non-hydrogen) atoms. The number of carbonyl (C=O) groups is 3. The molecule has 12 heteroatoms. The highest BCUT2D eigenvalue weighted by atomic mass is 31.2. The second-order valence-corrected chi connectivity index (χ2v) is 21.9. The number of hydrogen-bond acceptors (Lipinski definition) is 10. The summed E-state index contributed by atoms with van der Waals surface area (Å²) in [6.45, 7) is 4.35. The van der Waals surface area contributed by atoms with Crippen molar-refractivity contribution in [2.45, 2.75) is 277 Å². The zero-order valence-electron chi connectivity index (χ0n) is 49.6. The summed E-state index contributed by atoms with van der Waals surface area (Å²) in [5, 5.41) is 9.81. The van der Waals surface area contributed by atoms with Crippen molar-refractivity contribution in [2.24, 2.45) is 0 Å². The first-order valence-electron chi connectivity index (χ1n) is 31.1. The van der Waals surface area contributed by atoms with E-state index in [1.807, 2.05) is 12.2 Å². The lowest BCUT2D eigenvalue weighted by molar-refractivity contribution is -0.161. The van der Waals surface area contributed by atoms with Gasteiger partial charge in [-0.05, 0) is 83.5 Å². The van der Waals surface area contributed by atoms with E-state index in [-0.39, 0.29) is 25.9 Å². The fraction of sp³-hybridized carbons (Fsp3) is 0.712. The van der Waals surface area contributed by atoms with Gasteiger partial charge in [0.15, 0.2) is 6.10 Å². The molecule has 2 N–H and O–H groups in total. The minimum absolute atomic E-state index is 0.0522. The van der Waals surface area contributed by atoms with E-state index < -0.39 is 57.8 Å². The maximum absolute atomic E-state index is 12.9. The summed E-state index contributed by atoms with van der Waals surface area (Å²) in [7, 11) is -4.78. The molecule has 3 unspecified atom stereocenters. The van der Waals surface area contributed by atoms with Gasteiger partial charge in [-0.15, -0.1) is 0 Å². The van der Waals surface area contributed by atoms with Gasteiger partial charge in [0.25, 0.3) is 0 Å². The Morgan fingerprint density at radius 1 is 0.372 bits per heavy atom. The van der Waals surface area contributed by atoms with Crippen molar-refractivity contribution >= 4 is 25.7 Å². The number of ether oxygens (including phenoxy) is 3. The maximum atomic E-state index is 12.9. The van der Waals surface area contributed by atoms with Crippen molar-refractivity contribution in [3.8, 4) is 0 Å². The molecule has 0 aliphatic rings. The molecule has 0 aliphatic carbocycles. The fourth-order valence-corrected chi connectivity index (χ4v) is 9.15. The number of allylic oxidation sites excluding steroid dienone is 16. The summed E-state index contributed by atoms with van der Waals surface area (Å²) in [4.78, 5) is 48.6. The van der Waals surface area contributed by atoms with E-state index in [1.54, 1.807) is 0 Å². The molecule has 0 spiro atoms. The van der Waals surface area contributed by atoms with Gasteiger partial charge in [-0.25, -0.2) is 4.57 Å². The van der Waals surface area contributed by atoms with Crippen LogP contribution in [0.2, 0.25) is 0 Å². The van der Waals surface area contributed by atoms with Crippen molar-refractivity contribution in [3.63, 3.8) is 0 Å². The molecule has 0 radical (unpaired) electrons. The van der Waals surface area contributed by atoms with Gasteiger partial charge in [-0.2, -0.15) is 0 Å². The monoisotopic (exact) mass is 1110 g/mol. The number of aliphatic hydroxyl groups excluding tert-OH is 1. The third kappa shape index (κ3) is 57.1. The molecule has 0 rings (SSSR count). The second kappa shape index (κ2) is 59.5. The van der Waals surface area contributed by atoms with Crippen LogP contribution in [0.5, 0.6) is 0 Å². The van der Waals surface area contributed by atoms with Crippen LogP contribution in [0.3, 0.4) is 0 Å². The van der Waals surface area contributed by atoms with Crippen LogP contribution in [-0.4, -0.2) is 66.5 Å². The Kier molecular flexibility index (Phi) is 56.8. The lowest BCUT2D eigenvalue weighted by Gasteiger charge is -2.21. The van der Waals surface area contributed by atoms with E-state index in [4.69, 9.17) is 23.3 Å². The summed E-state index contributed by atoms with van der Waals surface area (Å²) in [5.74, 6) is -1.56. The standard InChI is InChI=1S/C66H113O11P/c1-4-7-10-13-16-19-22-25-27-29-31-33-35-38-40-43-46-49-52-55-64(68)73-59-63(77-66(70)57-54-51-48-45-42-39-36-34-32-30-28-26-23-20-17-14-11-8-5-2)61-75-78(71,72)74-60-62(58-67)76-65(69)56-53-50-47-44-41-37-24-21-18-15-12-9-6-3/h8-9,11-12,17-18,20-21,26,28,32,34,37,41,47,50,62-63,67H,4-7,10,13-16,19,22-25,27,29-31,33,35-36,38-40,42-46,48-49,51-61H2,1-3H3,(H,71,72)/b11-8-,12-9-,20-17-,21-18-,28-26-,34-32-,41-37-,50-47-. The van der Waals surface area contributed by atoms with Gasteiger partial charge in [-0.3, -0.25) is 23.4 Å². The molecule has 0 amide bonds. The highest BCUT2D eigenvalue weighted by Crippen LogP contribution is 2.43. The van der Waals surface area contributed by atoms with Gasteiger partial charge in [0.05, 0.1) is 19.8 Å². The van der Waals surface area contributed by atoms with Crippen LogP contribution >= 0.6 is 7.82 Å². The fourth-order valence-electron chi connectivity index (χ4n) is 8.36. The predicted octanol–water partition coefficient (Wildman–Crippen LogP) is 18.8. The van der Waals surface area contributed by atoms with Crippen LogP contribution in [0.15, 0.2) is 97.2 Å². The first-order chi connectivity index (χ1) is 38.2. The molecular weight excluding hydrogens is 1000 g/mol. The first-order valence-corrected chi connectivity index (χ1v) is 32.6. The number of phosphoric acid groups is 1. The van der Waals surface area contributed by atoms with Crippen LogP contribution in [0.25, 0.3) is 0 Å². The Morgan fingerprint density at radius 3 is 1.10 bits per heavy atom. The summed E-state index contributed by atoms with van der Waals surface area (Å²) in [6, 6.07) is 0. The molecule has 448 valence electrons. The van der Waals surface area contributed by atoms with Crippen molar-refractivity contribution in [1.82, 2.24) is 0 Å². The summed E-state index contributed by atoms with van der Waals surface area (Å²) < 4.78 is 39.5. The predicted molar refractivity (Wildman–Crippen MR) is 325 cm³/mol. The van der Waals surface area contributed by atoms with Gasteiger partial charge in [0.1, 0.15) is 12.7 Å². The molecule has 0 fully saturated rings. The zero-order chi connectivity index (χ0) is 56.9. The molecule has 0 aromatic heterocycles. The minimum Gasteiger partial charge on any atom is -0.462 e. The van der Waals surface area contributed by atoms with Crippen LogP contribution in [0.1, 0.15) is 265 Å². The molecule has 0 saturated carbocycles. The molecule has 0 heterocycles. The Bertz CT molecular complexity index is 1680. The van der Waals surface area contributed by atoms with Gasteiger partial charge >= 0.3 is 25.7 Å². The third-order valence-electron chi connectivity index (χ3n) is 13.0. The van der Waals surface area contributed by atoms with E-state index in [0.717, 1.165) is 109 Å². The molecular formula is C66H113O11P. The quantitative estimate of drug-likeness (QED) is 0.0197. The SMILES string of the molecule is CC/C=C\C/C=C\C/C=C\C/C=C\CCCCCCCCC(=O)OC(COC(=O)CCCCCCCCCCCCCCCCCCCCC)COP(=O)(O)OCC(CO)OC(=O)CC/C=C\C/C=C\C/C=C\C/C=C\CC. The highest BCUT2D eigenvalue weighted by Gasteiger charge is 2.28. The molecule has 0 saturated heterocycles. The average molecular weight is 1110 g/mol. The van der Waals surface area contributed by atoms with Crippen molar-refractivity contribution in [3.05, 3.63) is 97.2 Å². The van der Waals surface area contributed by atoms with Crippen molar-refractivity contribution in [1.29, 1.82) is 0 Å². The highest BCUT2D eigenvalue weighted by molar-refractivity contribution is 7.47. The summed E-state index contributed by atoms with van der Waals surface area (Å²) >= 11 is 0. The van der Waals surface area contributed by atoms with Crippen LogP contribution in [-0.2, 0) is 42.2 Å². The lowest BCUT2D eigenvalue weighted by atomic mass is 10.0. The van der Waals surface area contributed by atoms with Gasteiger partial charge in [0.2, 0.25) is 0 Å².